The van der Waals surface area contributed by atoms with Gasteiger partial charge in [0.1, 0.15) is 0 Å². The minimum atomic E-state index is -0.273. The molecule has 0 amide bonds. The maximum atomic E-state index is 7.72. The molecule has 0 aliphatic heterocycles. The lowest BCUT2D eigenvalue weighted by molar-refractivity contribution is 1.05. The van der Waals surface area contributed by atoms with Crippen LogP contribution in [-0.4, -0.2) is 11.8 Å². The highest BCUT2D eigenvalue weighted by Crippen LogP contribution is 2.17. The molecule has 1 rings (SSSR count). The lowest BCUT2D eigenvalue weighted by Gasteiger charge is -2.11. The van der Waals surface area contributed by atoms with E-state index in [1.165, 1.54) is 0 Å². The zero-order valence-corrected chi connectivity index (χ0v) is 13.2. The Morgan fingerprint density at radius 2 is 2.27 bits per heavy atom. The highest BCUT2D eigenvalue weighted by molar-refractivity contribution is 6.00. The van der Waals surface area contributed by atoms with Gasteiger partial charge in [0, 0.05) is 6.42 Å². The molecule has 0 heterocycles. The molecule has 114 valence electrons. The zero-order chi connectivity index (χ0) is 16.4. The third-order valence-electron chi connectivity index (χ3n) is 3.35. The number of rotatable bonds is 7. The van der Waals surface area contributed by atoms with Gasteiger partial charge in [0.15, 0.2) is 0 Å². The fourth-order valence-electron chi connectivity index (χ4n) is 1.99. The van der Waals surface area contributed by atoms with Crippen LogP contribution < -0.4 is 5.73 Å². The standard InChI is InChI=1S/C20H24N2/c1-4-6-10-16(3)18(9-5-2)12-8-7-11-17-13-14-19(21)20(22)15-17/h2,4,6-8,12-15,19,22H,3,9-11,21H2,1H3/b6-4-,8-7-,18-12+,22-20?/t19-/m0/s1. The lowest BCUT2D eigenvalue weighted by Crippen LogP contribution is -2.27. The molecule has 0 radical (unpaired) electrons. The average Bonchev–Trinajstić information content (AvgIpc) is 2.51. The molecule has 0 aromatic heterocycles. The summed E-state index contributed by atoms with van der Waals surface area (Å²) in [5, 5.41) is 7.72. The Hall–Kier alpha value is -2.37. The summed E-state index contributed by atoms with van der Waals surface area (Å²) < 4.78 is 0. The Balaban J connectivity index is 2.65. The molecule has 22 heavy (non-hydrogen) atoms. The molecule has 2 nitrogen and oxygen atoms in total. The van der Waals surface area contributed by atoms with Crippen molar-refractivity contribution in [2.24, 2.45) is 5.73 Å². The van der Waals surface area contributed by atoms with Crippen molar-refractivity contribution in [3.8, 4) is 12.3 Å². The van der Waals surface area contributed by atoms with E-state index in [1.807, 2.05) is 43.4 Å². The zero-order valence-electron chi connectivity index (χ0n) is 13.2. The van der Waals surface area contributed by atoms with Crippen LogP contribution in [0.4, 0.5) is 0 Å². The predicted octanol–water partition coefficient (Wildman–Crippen LogP) is 4.25. The van der Waals surface area contributed by atoms with E-state index in [9.17, 15) is 0 Å². The van der Waals surface area contributed by atoms with Gasteiger partial charge >= 0.3 is 0 Å². The Morgan fingerprint density at radius 1 is 1.50 bits per heavy atom. The third kappa shape index (κ3) is 5.95. The summed E-state index contributed by atoms with van der Waals surface area (Å²) >= 11 is 0. The first-order chi connectivity index (χ1) is 10.6. The SMILES string of the molecule is C#CC/C(=C\C=C/CC1=CC(=N)[C@@H](N)C=C1)C(=C)C/C=C\C. The van der Waals surface area contributed by atoms with E-state index in [2.05, 4.69) is 24.7 Å². The van der Waals surface area contributed by atoms with Gasteiger partial charge < -0.3 is 11.1 Å². The average molecular weight is 292 g/mol. The molecule has 0 spiro atoms. The Bertz CT molecular complexity index is 604. The van der Waals surface area contributed by atoms with Gasteiger partial charge in [-0.25, -0.2) is 0 Å². The van der Waals surface area contributed by atoms with Gasteiger partial charge in [-0.05, 0) is 42.6 Å². The Morgan fingerprint density at radius 3 is 2.91 bits per heavy atom. The van der Waals surface area contributed by atoms with Crippen molar-refractivity contribution in [1.29, 1.82) is 5.41 Å². The minimum absolute atomic E-state index is 0.273. The van der Waals surface area contributed by atoms with Crippen molar-refractivity contribution in [1.82, 2.24) is 0 Å². The van der Waals surface area contributed by atoms with E-state index in [0.717, 1.165) is 29.6 Å². The largest absolute Gasteiger partial charge is 0.319 e. The number of terminal acetylenes is 1. The molecule has 1 atom stereocenters. The van der Waals surface area contributed by atoms with Crippen LogP contribution in [-0.2, 0) is 0 Å². The van der Waals surface area contributed by atoms with E-state index in [4.69, 9.17) is 17.6 Å². The van der Waals surface area contributed by atoms with Crippen LogP contribution in [0, 0.1) is 17.8 Å². The van der Waals surface area contributed by atoms with E-state index < -0.39 is 0 Å². The van der Waals surface area contributed by atoms with Crippen molar-refractivity contribution in [2.45, 2.75) is 32.2 Å². The summed E-state index contributed by atoms with van der Waals surface area (Å²) in [4.78, 5) is 0. The summed E-state index contributed by atoms with van der Waals surface area (Å²) in [6, 6.07) is -0.273. The molecule has 0 unspecified atom stereocenters. The number of hydrogen-bond acceptors (Lipinski definition) is 2. The topological polar surface area (TPSA) is 49.9 Å². The molecule has 0 saturated heterocycles. The van der Waals surface area contributed by atoms with Crippen LogP contribution in [0.3, 0.4) is 0 Å². The molecule has 1 aliphatic carbocycles. The second-order valence-corrected chi connectivity index (χ2v) is 5.14. The van der Waals surface area contributed by atoms with Crippen LogP contribution in [0.5, 0.6) is 0 Å². The maximum absolute atomic E-state index is 7.72. The molecule has 2 heteroatoms. The summed E-state index contributed by atoms with van der Waals surface area (Å²) in [7, 11) is 0. The fourth-order valence-corrected chi connectivity index (χ4v) is 1.99. The molecular weight excluding hydrogens is 268 g/mol. The molecule has 0 aromatic rings. The van der Waals surface area contributed by atoms with Gasteiger partial charge in [-0.3, -0.25) is 0 Å². The first-order valence-electron chi connectivity index (χ1n) is 7.39. The highest BCUT2D eigenvalue weighted by Gasteiger charge is 2.08. The van der Waals surface area contributed by atoms with Gasteiger partial charge in [-0.2, -0.15) is 0 Å². The van der Waals surface area contributed by atoms with Crippen LogP contribution in [0.1, 0.15) is 26.2 Å². The number of nitrogens with one attached hydrogen (secondary N) is 1. The highest BCUT2D eigenvalue weighted by atomic mass is 14.7. The molecule has 0 bridgehead atoms. The molecule has 0 aromatic carbocycles. The minimum Gasteiger partial charge on any atom is -0.319 e. The van der Waals surface area contributed by atoms with Crippen molar-refractivity contribution in [3.63, 3.8) is 0 Å². The van der Waals surface area contributed by atoms with Crippen molar-refractivity contribution in [3.05, 3.63) is 71.9 Å². The number of allylic oxidation sites excluding steroid dienone is 9. The summed E-state index contributed by atoms with van der Waals surface area (Å²) in [5.41, 5.74) is 9.39. The summed E-state index contributed by atoms with van der Waals surface area (Å²) in [5.74, 6) is 2.67. The summed E-state index contributed by atoms with van der Waals surface area (Å²) in [6.07, 6.45) is 23.4. The van der Waals surface area contributed by atoms with Gasteiger partial charge in [-0.1, -0.05) is 49.1 Å². The van der Waals surface area contributed by atoms with Crippen LogP contribution in [0.15, 0.2) is 71.9 Å². The van der Waals surface area contributed by atoms with Crippen LogP contribution >= 0.6 is 0 Å². The molecule has 3 N–H and O–H groups in total. The Labute approximate surface area is 134 Å². The van der Waals surface area contributed by atoms with E-state index in [0.29, 0.717) is 12.1 Å². The summed E-state index contributed by atoms with van der Waals surface area (Å²) in [6.45, 7) is 6.08. The normalized spacial score (nSPS) is 18.8. The Kier molecular flexibility index (Phi) is 7.67. The molecular formula is C20H24N2. The number of nitrogens with two attached hydrogens (primary N) is 1. The maximum Gasteiger partial charge on any atom is 0.0652 e. The monoisotopic (exact) mass is 292 g/mol. The van der Waals surface area contributed by atoms with E-state index in [1.54, 1.807) is 0 Å². The van der Waals surface area contributed by atoms with E-state index >= 15 is 0 Å². The first-order valence-corrected chi connectivity index (χ1v) is 7.39. The third-order valence-corrected chi connectivity index (χ3v) is 3.35. The van der Waals surface area contributed by atoms with Crippen LogP contribution in [0.25, 0.3) is 0 Å². The molecule has 0 fully saturated rings. The van der Waals surface area contributed by atoms with Gasteiger partial charge in [-0.15, -0.1) is 12.3 Å². The van der Waals surface area contributed by atoms with Crippen molar-refractivity contribution < 1.29 is 0 Å². The fraction of sp³-hybridized carbons (Fsp3) is 0.250. The van der Waals surface area contributed by atoms with Gasteiger partial charge in [0.2, 0.25) is 0 Å². The second kappa shape index (κ2) is 9.55. The quantitative estimate of drug-likeness (QED) is 0.411. The first kappa shape index (κ1) is 17.7. The number of hydrogen-bond donors (Lipinski definition) is 2. The molecule has 1 aliphatic rings. The smallest absolute Gasteiger partial charge is 0.0652 e. The van der Waals surface area contributed by atoms with Crippen LogP contribution in [0.2, 0.25) is 0 Å². The lowest BCUT2D eigenvalue weighted by atomic mass is 9.99. The van der Waals surface area contributed by atoms with E-state index in [-0.39, 0.29) is 6.04 Å². The predicted molar refractivity (Wildman–Crippen MR) is 96.8 cm³/mol. The van der Waals surface area contributed by atoms with Crippen molar-refractivity contribution in [2.75, 3.05) is 0 Å². The second-order valence-electron chi connectivity index (χ2n) is 5.14. The van der Waals surface area contributed by atoms with Gasteiger partial charge in [0.05, 0.1) is 11.8 Å². The van der Waals surface area contributed by atoms with Gasteiger partial charge in [0.25, 0.3) is 0 Å². The molecule has 0 saturated carbocycles. The van der Waals surface area contributed by atoms with Crippen molar-refractivity contribution >= 4 is 5.71 Å².